The van der Waals surface area contributed by atoms with Gasteiger partial charge < -0.3 is 15.8 Å². The number of rotatable bonds is 4. The van der Waals surface area contributed by atoms with Gasteiger partial charge in [-0.15, -0.1) is 11.8 Å². The second-order valence-electron chi connectivity index (χ2n) is 4.73. The topological polar surface area (TPSA) is 64.3 Å². The SMILES string of the molecule is COc1cc(C(F)(F)F)cc(SC)c1C(=O)N[C@H]1CC1N. The van der Waals surface area contributed by atoms with Crippen molar-refractivity contribution >= 4 is 17.7 Å². The maximum absolute atomic E-state index is 12.8. The summed E-state index contributed by atoms with van der Waals surface area (Å²) in [6.45, 7) is 0. The van der Waals surface area contributed by atoms with Crippen molar-refractivity contribution in [2.75, 3.05) is 13.4 Å². The zero-order valence-electron chi connectivity index (χ0n) is 11.5. The highest BCUT2D eigenvalue weighted by Crippen LogP contribution is 2.38. The average Bonchev–Trinajstić information content (AvgIpc) is 3.11. The highest BCUT2D eigenvalue weighted by atomic mass is 32.2. The molecule has 4 nitrogen and oxygen atoms in total. The van der Waals surface area contributed by atoms with Crippen LogP contribution in [0.25, 0.3) is 0 Å². The second kappa shape index (κ2) is 5.76. The third-order valence-corrected chi connectivity index (χ3v) is 3.98. The molecule has 21 heavy (non-hydrogen) atoms. The van der Waals surface area contributed by atoms with E-state index in [2.05, 4.69) is 5.32 Å². The minimum Gasteiger partial charge on any atom is -0.496 e. The molecule has 0 bridgehead atoms. The molecule has 116 valence electrons. The normalized spacial score (nSPS) is 21.0. The van der Waals surface area contributed by atoms with E-state index in [1.54, 1.807) is 6.26 Å². The molecule has 0 spiro atoms. The standard InChI is InChI=1S/C13H15F3N2O2S/c1-20-9-3-6(13(14,15)16)4-10(21-2)11(9)12(19)18-8-5-7(8)17/h3-4,7-8H,5,17H2,1-2H3,(H,18,19)/t7?,8-/m0/s1. The van der Waals surface area contributed by atoms with Gasteiger partial charge in [-0.05, 0) is 24.8 Å². The lowest BCUT2D eigenvalue weighted by molar-refractivity contribution is -0.137. The Kier molecular flexibility index (Phi) is 4.38. The molecular weight excluding hydrogens is 305 g/mol. The van der Waals surface area contributed by atoms with Crippen LogP contribution in [0.15, 0.2) is 17.0 Å². The lowest BCUT2D eigenvalue weighted by atomic mass is 10.1. The molecule has 0 heterocycles. The molecule has 3 N–H and O–H groups in total. The highest BCUT2D eigenvalue weighted by molar-refractivity contribution is 7.98. The van der Waals surface area contributed by atoms with Crippen LogP contribution in [0.3, 0.4) is 0 Å². The van der Waals surface area contributed by atoms with E-state index in [1.165, 1.54) is 7.11 Å². The van der Waals surface area contributed by atoms with Gasteiger partial charge in [0.05, 0.1) is 18.2 Å². The Hall–Kier alpha value is -1.41. The Balaban J connectivity index is 2.41. The lowest BCUT2D eigenvalue weighted by Gasteiger charge is -2.16. The van der Waals surface area contributed by atoms with E-state index in [-0.39, 0.29) is 28.3 Å². The minimum absolute atomic E-state index is 0.0906. The van der Waals surface area contributed by atoms with Crippen molar-refractivity contribution in [3.05, 3.63) is 23.3 Å². The lowest BCUT2D eigenvalue weighted by Crippen LogP contribution is -2.30. The molecule has 0 saturated heterocycles. The number of methoxy groups -OCH3 is 1. The van der Waals surface area contributed by atoms with E-state index in [9.17, 15) is 18.0 Å². The predicted molar refractivity (Wildman–Crippen MR) is 73.6 cm³/mol. The first-order valence-corrected chi connectivity index (χ1v) is 7.40. The van der Waals surface area contributed by atoms with Crippen LogP contribution in [0.1, 0.15) is 22.3 Å². The largest absolute Gasteiger partial charge is 0.496 e. The van der Waals surface area contributed by atoms with Gasteiger partial charge in [0, 0.05) is 17.0 Å². The Morgan fingerprint density at radius 1 is 1.48 bits per heavy atom. The molecule has 0 aliphatic heterocycles. The molecule has 0 aromatic heterocycles. The number of thioether (sulfide) groups is 1. The number of amides is 1. The van der Waals surface area contributed by atoms with Crippen LogP contribution < -0.4 is 15.8 Å². The Labute approximate surface area is 124 Å². The average molecular weight is 320 g/mol. The van der Waals surface area contributed by atoms with Gasteiger partial charge >= 0.3 is 6.18 Å². The van der Waals surface area contributed by atoms with Gasteiger partial charge in [0.15, 0.2) is 0 Å². The van der Waals surface area contributed by atoms with Gasteiger partial charge in [0.2, 0.25) is 0 Å². The van der Waals surface area contributed by atoms with Crippen molar-refractivity contribution in [3.63, 3.8) is 0 Å². The van der Waals surface area contributed by atoms with E-state index >= 15 is 0 Å². The number of carbonyl (C=O) groups excluding carboxylic acids is 1. The monoisotopic (exact) mass is 320 g/mol. The van der Waals surface area contributed by atoms with Crippen molar-refractivity contribution in [1.29, 1.82) is 0 Å². The molecule has 1 unspecified atom stereocenters. The van der Waals surface area contributed by atoms with E-state index < -0.39 is 17.6 Å². The molecule has 1 fully saturated rings. The Morgan fingerprint density at radius 3 is 2.52 bits per heavy atom. The maximum atomic E-state index is 12.8. The van der Waals surface area contributed by atoms with E-state index in [4.69, 9.17) is 10.5 Å². The summed E-state index contributed by atoms with van der Waals surface area (Å²) in [6, 6.07) is 1.57. The zero-order valence-corrected chi connectivity index (χ0v) is 12.3. The molecule has 1 aromatic carbocycles. The summed E-state index contributed by atoms with van der Waals surface area (Å²) >= 11 is 1.06. The number of nitrogens with one attached hydrogen (secondary N) is 1. The molecule has 1 aliphatic rings. The first kappa shape index (κ1) is 16.0. The summed E-state index contributed by atoms with van der Waals surface area (Å²) in [7, 11) is 1.24. The van der Waals surface area contributed by atoms with Gasteiger partial charge in [-0.3, -0.25) is 4.79 Å². The maximum Gasteiger partial charge on any atom is 0.416 e. The van der Waals surface area contributed by atoms with E-state index in [1.807, 2.05) is 0 Å². The Bertz CT molecular complexity index is 538. The number of alkyl halides is 3. The highest BCUT2D eigenvalue weighted by Gasteiger charge is 2.37. The first-order chi connectivity index (χ1) is 9.77. The van der Waals surface area contributed by atoms with Gasteiger partial charge in [0.25, 0.3) is 5.91 Å². The summed E-state index contributed by atoms with van der Waals surface area (Å²) in [4.78, 5) is 12.4. The Morgan fingerprint density at radius 2 is 2.10 bits per heavy atom. The van der Waals surface area contributed by atoms with Crippen LogP contribution in [-0.2, 0) is 6.18 Å². The van der Waals surface area contributed by atoms with Crippen LogP contribution >= 0.6 is 11.8 Å². The van der Waals surface area contributed by atoms with Crippen molar-refractivity contribution in [3.8, 4) is 5.75 Å². The van der Waals surface area contributed by atoms with Crippen LogP contribution in [-0.4, -0.2) is 31.4 Å². The third-order valence-electron chi connectivity index (χ3n) is 3.22. The van der Waals surface area contributed by atoms with Crippen LogP contribution in [0.4, 0.5) is 13.2 Å². The summed E-state index contributed by atoms with van der Waals surface area (Å²) in [5.74, 6) is -0.566. The predicted octanol–water partition coefficient (Wildman–Crippen LogP) is 2.27. The van der Waals surface area contributed by atoms with Crippen molar-refractivity contribution in [1.82, 2.24) is 5.32 Å². The van der Waals surface area contributed by atoms with Gasteiger partial charge in [-0.25, -0.2) is 0 Å². The molecule has 8 heteroatoms. The number of carbonyl (C=O) groups is 1. The van der Waals surface area contributed by atoms with Crippen molar-refractivity contribution in [2.45, 2.75) is 29.6 Å². The summed E-state index contributed by atoms with van der Waals surface area (Å²) < 4.78 is 43.5. The summed E-state index contributed by atoms with van der Waals surface area (Å²) in [6.07, 6.45) is -2.22. The van der Waals surface area contributed by atoms with Gasteiger partial charge in [-0.2, -0.15) is 13.2 Å². The third kappa shape index (κ3) is 3.44. The van der Waals surface area contributed by atoms with E-state index in [0.29, 0.717) is 6.42 Å². The molecule has 1 aliphatic carbocycles. The smallest absolute Gasteiger partial charge is 0.416 e. The number of hydrogen-bond donors (Lipinski definition) is 2. The number of benzene rings is 1. The van der Waals surface area contributed by atoms with Gasteiger partial charge in [0.1, 0.15) is 5.75 Å². The van der Waals surface area contributed by atoms with Gasteiger partial charge in [-0.1, -0.05) is 0 Å². The zero-order chi connectivity index (χ0) is 15.8. The second-order valence-corrected chi connectivity index (χ2v) is 5.58. The molecule has 2 rings (SSSR count). The molecule has 1 amide bonds. The first-order valence-electron chi connectivity index (χ1n) is 6.17. The number of hydrogen-bond acceptors (Lipinski definition) is 4. The number of ether oxygens (including phenoxy) is 1. The van der Waals surface area contributed by atoms with Crippen molar-refractivity contribution in [2.24, 2.45) is 5.73 Å². The molecule has 1 saturated carbocycles. The van der Waals surface area contributed by atoms with Crippen LogP contribution in [0.5, 0.6) is 5.75 Å². The molecular formula is C13H15F3N2O2S. The molecule has 0 radical (unpaired) electrons. The summed E-state index contributed by atoms with van der Waals surface area (Å²) in [5, 5.41) is 2.69. The van der Waals surface area contributed by atoms with Crippen molar-refractivity contribution < 1.29 is 22.7 Å². The quantitative estimate of drug-likeness (QED) is 0.835. The summed E-state index contributed by atoms with van der Waals surface area (Å²) in [5.41, 5.74) is 4.88. The molecule has 1 aromatic rings. The fourth-order valence-corrected chi connectivity index (χ4v) is 2.56. The fourth-order valence-electron chi connectivity index (χ4n) is 1.92. The van der Waals surface area contributed by atoms with E-state index in [0.717, 1.165) is 23.9 Å². The fraction of sp³-hybridized carbons (Fsp3) is 0.462. The van der Waals surface area contributed by atoms with Crippen LogP contribution in [0, 0.1) is 0 Å². The molecule has 2 atom stereocenters. The minimum atomic E-state index is -4.49. The number of nitrogens with two attached hydrogens (primary N) is 1. The van der Waals surface area contributed by atoms with Crippen LogP contribution in [0.2, 0.25) is 0 Å². The number of halogens is 3.